The molecule has 0 radical (unpaired) electrons. The molecule has 1 amide bonds. The van der Waals surface area contributed by atoms with E-state index in [1.54, 1.807) is 0 Å². The minimum absolute atomic E-state index is 0.0187. The Kier molecular flexibility index (Phi) is 2.95. The van der Waals surface area contributed by atoms with Gasteiger partial charge in [0.05, 0.1) is 23.8 Å². The minimum Gasteiger partial charge on any atom is -0.376 e. The topological polar surface area (TPSA) is 41.1 Å². The van der Waals surface area contributed by atoms with Crippen LogP contribution in [0.3, 0.4) is 0 Å². The van der Waals surface area contributed by atoms with Crippen molar-refractivity contribution in [3.05, 3.63) is 59.7 Å². The Morgan fingerprint density at radius 2 is 1.84 bits per heavy atom. The van der Waals surface area contributed by atoms with Crippen molar-refractivity contribution >= 4 is 17.3 Å². The SMILES string of the molecule is Cc1ccc2c(c1)NC(=O)C[C@H](c1ccccc1)N2. The van der Waals surface area contributed by atoms with Gasteiger partial charge >= 0.3 is 0 Å². The summed E-state index contributed by atoms with van der Waals surface area (Å²) in [6.07, 6.45) is 0.442. The fourth-order valence-corrected chi connectivity index (χ4v) is 2.40. The van der Waals surface area contributed by atoms with E-state index in [1.807, 2.05) is 55.5 Å². The monoisotopic (exact) mass is 252 g/mol. The zero-order valence-electron chi connectivity index (χ0n) is 10.8. The van der Waals surface area contributed by atoms with Crippen LogP contribution in [-0.2, 0) is 4.79 Å². The average Bonchev–Trinajstić information content (AvgIpc) is 2.57. The lowest BCUT2D eigenvalue weighted by Crippen LogP contribution is -2.15. The molecule has 0 bridgehead atoms. The first kappa shape index (κ1) is 11.8. The largest absolute Gasteiger partial charge is 0.376 e. The number of carbonyl (C=O) groups is 1. The molecule has 1 aliphatic heterocycles. The first-order valence-corrected chi connectivity index (χ1v) is 6.44. The molecule has 2 aromatic rings. The first-order chi connectivity index (χ1) is 9.22. The lowest BCUT2D eigenvalue weighted by molar-refractivity contribution is -0.116. The highest BCUT2D eigenvalue weighted by Crippen LogP contribution is 2.32. The van der Waals surface area contributed by atoms with Gasteiger partial charge in [0, 0.05) is 0 Å². The molecular formula is C16H16N2O. The molecule has 1 aliphatic rings. The molecule has 0 saturated carbocycles. The van der Waals surface area contributed by atoms with Crippen molar-refractivity contribution < 1.29 is 4.79 Å². The van der Waals surface area contributed by atoms with Gasteiger partial charge in [-0.1, -0.05) is 36.4 Å². The maximum atomic E-state index is 12.0. The molecule has 1 heterocycles. The van der Waals surface area contributed by atoms with Crippen molar-refractivity contribution in [1.82, 2.24) is 0 Å². The van der Waals surface area contributed by atoms with Crippen LogP contribution in [0.4, 0.5) is 11.4 Å². The molecule has 0 saturated heterocycles. The van der Waals surface area contributed by atoms with E-state index in [1.165, 1.54) is 0 Å². The van der Waals surface area contributed by atoms with Crippen molar-refractivity contribution in [3.8, 4) is 0 Å². The Balaban J connectivity index is 1.98. The van der Waals surface area contributed by atoms with E-state index in [-0.39, 0.29) is 11.9 Å². The summed E-state index contributed by atoms with van der Waals surface area (Å²) in [6.45, 7) is 2.02. The number of hydrogen-bond acceptors (Lipinski definition) is 2. The van der Waals surface area contributed by atoms with Crippen molar-refractivity contribution in [3.63, 3.8) is 0 Å². The summed E-state index contributed by atoms with van der Waals surface area (Å²) in [7, 11) is 0. The van der Waals surface area contributed by atoms with E-state index < -0.39 is 0 Å². The summed E-state index contributed by atoms with van der Waals surface area (Å²) >= 11 is 0. The second-order valence-electron chi connectivity index (χ2n) is 4.91. The third kappa shape index (κ3) is 2.45. The second kappa shape index (κ2) is 4.76. The van der Waals surface area contributed by atoms with Crippen LogP contribution in [0.15, 0.2) is 48.5 Å². The van der Waals surface area contributed by atoms with E-state index >= 15 is 0 Å². The summed E-state index contributed by atoms with van der Waals surface area (Å²) in [4.78, 5) is 12.0. The van der Waals surface area contributed by atoms with Crippen molar-refractivity contribution in [2.24, 2.45) is 0 Å². The molecule has 19 heavy (non-hydrogen) atoms. The van der Waals surface area contributed by atoms with E-state index in [0.717, 1.165) is 22.5 Å². The summed E-state index contributed by atoms with van der Waals surface area (Å²) in [5, 5.41) is 6.41. The van der Waals surface area contributed by atoms with Gasteiger partial charge in [-0.2, -0.15) is 0 Å². The minimum atomic E-state index is 0.0187. The first-order valence-electron chi connectivity index (χ1n) is 6.44. The number of aryl methyl sites for hydroxylation is 1. The molecule has 2 N–H and O–H groups in total. The van der Waals surface area contributed by atoms with Crippen LogP contribution < -0.4 is 10.6 Å². The Morgan fingerprint density at radius 1 is 1.05 bits per heavy atom. The van der Waals surface area contributed by atoms with Crippen molar-refractivity contribution in [1.29, 1.82) is 0 Å². The molecule has 3 heteroatoms. The molecule has 0 unspecified atom stereocenters. The standard InChI is InChI=1S/C16H16N2O/c1-11-7-8-13-15(9-11)18-16(19)10-14(17-13)12-5-3-2-4-6-12/h2-9,14,17H,10H2,1H3,(H,18,19)/t14-/m1/s1. The number of rotatable bonds is 1. The number of benzene rings is 2. The van der Waals surface area contributed by atoms with E-state index in [9.17, 15) is 4.79 Å². The van der Waals surface area contributed by atoms with Gasteiger partial charge in [-0.15, -0.1) is 0 Å². The molecular weight excluding hydrogens is 236 g/mol. The molecule has 0 aromatic heterocycles. The number of carbonyl (C=O) groups excluding carboxylic acids is 1. The second-order valence-corrected chi connectivity index (χ2v) is 4.91. The Labute approximate surface area is 112 Å². The van der Waals surface area contributed by atoms with Gasteiger partial charge in [-0.05, 0) is 30.2 Å². The van der Waals surface area contributed by atoms with Gasteiger partial charge in [0.15, 0.2) is 0 Å². The van der Waals surface area contributed by atoms with Crippen molar-refractivity contribution in [2.75, 3.05) is 10.6 Å². The van der Waals surface area contributed by atoms with Gasteiger partial charge in [-0.25, -0.2) is 0 Å². The van der Waals surface area contributed by atoms with Crippen LogP contribution in [-0.4, -0.2) is 5.91 Å². The highest BCUT2D eigenvalue weighted by atomic mass is 16.1. The van der Waals surface area contributed by atoms with Crippen LogP contribution in [0.25, 0.3) is 0 Å². The van der Waals surface area contributed by atoms with Crippen LogP contribution in [0.5, 0.6) is 0 Å². The predicted molar refractivity (Wildman–Crippen MR) is 77.2 cm³/mol. The van der Waals surface area contributed by atoms with Crippen LogP contribution in [0.1, 0.15) is 23.6 Å². The quantitative estimate of drug-likeness (QED) is 0.815. The number of fused-ring (bicyclic) bond motifs is 1. The molecule has 0 spiro atoms. The lowest BCUT2D eigenvalue weighted by atomic mass is 10.0. The fourth-order valence-electron chi connectivity index (χ4n) is 2.40. The normalized spacial score (nSPS) is 17.9. The zero-order valence-corrected chi connectivity index (χ0v) is 10.8. The highest BCUT2D eigenvalue weighted by molar-refractivity contribution is 5.96. The predicted octanol–water partition coefficient (Wildman–Crippen LogP) is 3.49. The molecule has 3 rings (SSSR count). The van der Waals surface area contributed by atoms with Gasteiger partial charge in [0.25, 0.3) is 0 Å². The molecule has 2 aromatic carbocycles. The van der Waals surface area contributed by atoms with E-state index in [0.29, 0.717) is 6.42 Å². The number of amides is 1. The van der Waals surface area contributed by atoms with Crippen LogP contribution >= 0.6 is 0 Å². The van der Waals surface area contributed by atoms with Crippen LogP contribution in [0, 0.1) is 6.92 Å². The fraction of sp³-hybridized carbons (Fsp3) is 0.188. The summed E-state index contributed by atoms with van der Waals surface area (Å²) in [5.41, 5.74) is 4.11. The van der Waals surface area contributed by atoms with Crippen molar-refractivity contribution in [2.45, 2.75) is 19.4 Å². The summed E-state index contributed by atoms with van der Waals surface area (Å²) in [6, 6.07) is 16.1. The third-order valence-corrected chi connectivity index (χ3v) is 3.37. The van der Waals surface area contributed by atoms with Gasteiger partial charge in [0.1, 0.15) is 0 Å². The van der Waals surface area contributed by atoms with Gasteiger partial charge < -0.3 is 10.6 Å². The Morgan fingerprint density at radius 3 is 2.63 bits per heavy atom. The number of hydrogen-bond donors (Lipinski definition) is 2. The molecule has 0 fully saturated rings. The number of anilines is 2. The molecule has 3 nitrogen and oxygen atoms in total. The van der Waals surface area contributed by atoms with E-state index in [2.05, 4.69) is 10.6 Å². The van der Waals surface area contributed by atoms with E-state index in [4.69, 9.17) is 0 Å². The number of nitrogens with one attached hydrogen (secondary N) is 2. The third-order valence-electron chi connectivity index (χ3n) is 3.37. The van der Waals surface area contributed by atoms with Crippen LogP contribution in [0.2, 0.25) is 0 Å². The Bertz CT molecular complexity index is 607. The molecule has 0 aliphatic carbocycles. The lowest BCUT2D eigenvalue weighted by Gasteiger charge is -2.17. The average molecular weight is 252 g/mol. The van der Waals surface area contributed by atoms with Gasteiger partial charge in [0.2, 0.25) is 5.91 Å². The Hall–Kier alpha value is -2.29. The maximum absolute atomic E-state index is 12.0. The maximum Gasteiger partial charge on any atom is 0.226 e. The smallest absolute Gasteiger partial charge is 0.226 e. The summed E-state index contributed by atoms with van der Waals surface area (Å²) in [5.74, 6) is 0.0469. The molecule has 96 valence electrons. The zero-order chi connectivity index (χ0) is 13.2. The highest BCUT2D eigenvalue weighted by Gasteiger charge is 2.21. The molecule has 1 atom stereocenters. The summed E-state index contributed by atoms with van der Waals surface area (Å²) < 4.78 is 0. The van der Waals surface area contributed by atoms with Gasteiger partial charge in [-0.3, -0.25) is 4.79 Å².